The SMILES string of the molecule is CCC(C)c1ccc(C(CC)NC(=S)Nc2ccc(C)cc2C)cc1. The van der Waals surface area contributed by atoms with Crippen LogP contribution in [-0.2, 0) is 0 Å². The van der Waals surface area contributed by atoms with Gasteiger partial charge in [0.25, 0.3) is 0 Å². The van der Waals surface area contributed by atoms with E-state index in [9.17, 15) is 0 Å². The van der Waals surface area contributed by atoms with Crippen molar-refractivity contribution in [2.75, 3.05) is 5.32 Å². The standard InChI is InChI=1S/C22H30N2S/c1-6-16(4)18-9-11-19(12-10-18)20(7-2)23-22(25)24-21-13-8-15(3)14-17(21)5/h8-14,16,20H,6-7H2,1-5H3,(H2,23,24,25). The molecule has 0 aromatic heterocycles. The molecule has 0 heterocycles. The molecule has 0 saturated carbocycles. The average Bonchev–Trinajstić information content (AvgIpc) is 2.61. The van der Waals surface area contributed by atoms with Crippen LogP contribution in [0.4, 0.5) is 5.69 Å². The first-order valence-corrected chi connectivity index (χ1v) is 9.60. The fourth-order valence-corrected chi connectivity index (χ4v) is 3.24. The quantitative estimate of drug-likeness (QED) is 0.599. The lowest BCUT2D eigenvalue weighted by Gasteiger charge is -2.21. The molecule has 2 rings (SSSR count). The molecule has 2 atom stereocenters. The van der Waals surface area contributed by atoms with E-state index in [0.29, 0.717) is 11.0 Å². The fourth-order valence-electron chi connectivity index (χ4n) is 2.98. The number of benzene rings is 2. The molecule has 0 fully saturated rings. The van der Waals surface area contributed by atoms with Gasteiger partial charge in [0.15, 0.2) is 5.11 Å². The molecule has 2 aromatic rings. The summed E-state index contributed by atoms with van der Waals surface area (Å²) in [6, 6.07) is 15.5. The fraction of sp³-hybridized carbons (Fsp3) is 0.409. The number of nitrogens with one attached hydrogen (secondary N) is 2. The first-order valence-electron chi connectivity index (χ1n) is 9.19. The number of hydrogen-bond donors (Lipinski definition) is 2. The zero-order valence-electron chi connectivity index (χ0n) is 16.0. The third-order valence-electron chi connectivity index (χ3n) is 4.86. The van der Waals surface area contributed by atoms with Gasteiger partial charge in [0.1, 0.15) is 0 Å². The number of rotatable bonds is 6. The van der Waals surface area contributed by atoms with Crippen LogP contribution in [0.3, 0.4) is 0 Å². The van der Waals surface area contributed by atoms with Crippen LogP contribution in [0.25, 0.3) is 0 Å². The van der Waals surface area contributed by atoms with E-state index in [4.69, 9.17) is 12.2 Å². The third-order valence-corrected chi connectivity index (χ3v) is 5.08. The van der Waals surface area contributed by atoms with Crippen molar-refractivity contribution in [1.29, 1.82) is 0 Å². The van der Waals surface area contributed by atoms with Crippen LogP contribution in [0.5, 0.6) is 0 Å². The molecule has 0 aliphatic carbocycles. The van der Waals surface area contributed by atoms with Gasteiger partial charge in [-0.05, 0) is 67.6 Å². The van der Waals surface area contributed by atoms with Crippen molar-refractivity contribution in [2.45, 2.75) is 59.4 Å². The van der Waals surface area contributed by atoms with Gasteiger partial charge < -0.3 is 10.6 Å². The average molecular weight is 355 g/mol. The highest BCUT2D eigenvalue weighted by Gasteiger charge is 2.12. The van der Waals surface area contributed by atoms with Crippen molar-refractivity contribution in [2.24, 2.45) is 0 Å². The molecule has 25 heavy (non-hydrogen) atoms. The summed E-state index contributed by atoms with van der Waals surface area (Å²) in [5.74, 6) is 0.606. The monoisotopic (exact) mass is 354 g/mol. The Kier molecular flexibility index (Phi) is 7.01. The Bertz CT molecular complexity index is 706. The molecule has 0 bridgehead atoms. The van der Waals surface area contributed by atoms with Crippen LogP contribution in [0.1, 0.15) is 67.8 Å². The third kappa shape index (κ3) is 5.30. The van der Waals surface area contributed by atoms with Crippen molar-refractivity contribution >= 4 is 23.0 Å². The van der Waals surface area contributed by atoms with E-state index in [0.717, 1.165) is 12.1 Å². The zero-order chi connectivity index (χ0) is 18.4. The summed E-state index contributed by atoms with van der Waals surface area (Å²) in [6.45, 7) is 10.9. The van der Waals surface area contributed by atoms with Gasteiger partial charge in [0.05, 0.1) is 6.04 Å². The van der Waals surface area contributed by atoms with Crippen LogP contribution >= 0.6 is 12.2 Å². The summed E-state index contributed by atoms with van der Waals surface area (Å²) in [7, 11) is 0. The maximum absolute atomic E-state index is 5.53. The van der Waals surface area contributed by atoms with Crippen LogP contribution in [0.15, 0.2) is 42.5 Å². The van der Waals surface area contributed by atoms with Gasteiger partial charge in [0.2, 0.25) is 0 Å². The Morgan fingerprint density at radius 1 is 0.960 bits per heavy atom. The van der Waals surface area contributed by atoms with Gasteiger partial charge in [-0.15, -0.1) is 0 Å². The molecule has 0 radical (unpaired) electrons. The lowest BCUT2D eigenvalue weighted by atomic mass is 9.95. The molecule has 2 aromatic carbocycles. The molecule has 3 heteroatoms. The van der Waals surface area contributed by atoms with E-state index in [-0.39, 0.29) is 6.04 Å². The van der Waals surface area contributed by atoms with Crippen molar-refractivity contribution in [3.05, 3.63) is 64.7 Å². The summed E-state index contributed by atoms with van der Waals surface area (Å²) >= 11 is 5.53. The second-order valence-corrected chi connectivity index (χ2v) is 7.26. The highest BCUT2D eigenvalue weighted by Crippen LogP contribution is 2.23. The van der Waals surface area contributed by atoms with Crippen LogP contribution in [0.2, 0.25) is 0 Å². The van der Waals surface area contributed by atoms with E-state index < -0.39 is 0 Å². The maximum Gasteiger partial charge on any atom is 0.171 e. The second-order valence-electron chi connectivity index (χ2n) is 6.85. The molecule has 2 unspecified atom stereocenters. The van der Waals surface area contributed by atoms with Crippen molar-refractivity contribution in [1.82, 2.24) is 5.32 Å². The largest absolute Gasteiger partial charge is 0.356 e. The second kappa shape index (κ2) is 9.00. The molecule has 2 nitrogen and oxygen atoms in total. The highest BCUT2D eigenvalue weighted by atomic mass is 32.1. The first-order chi connectivity index (χ1) is 11.9. The summed E-state index contributed by atoms with van der Waals surface area (Å²) in [5, 5.41) is 7.46. The molecule has 0 aliphatic rings. The molecule has 0 saturated heterocycles. The van der Waals surface area contributed by atoms with Gasteiger partial charge >= 0.3 is 0 Å². The Labute approximate surface area is 158 Å². The smallest absolute Gasteiger partial charge is 0.171 e. The van der Waals surface area contributed by atoms with Gasteiger partial charge in [-0.25, -0.2) is 0 Å². The van der Waals surface area contributed by atoms with E-state index in [1.807, 2.05) is 0 Å². The Hall–Kier alpha value is -1.87. The van der Waals surface area contributed by atoms with Crippen LogP contribution in [0, 0.1) is 13.8 Å². The van der Waals surface area contributed by atoms with Crippen molar-refractivity contribution < 1.29 is 0 Å². The predicted molar refractivity (Wildman–Crippen MR) is 113 cm³/mol. The molecule has 0 aliphatic heterocycles. The van der Waals surface area contributed by atoms with E-state index in [2.05, 4.69) is 87.7 Å². The van der Waals surface area contributed by atoms with Gasteiger partial charge in [-0.3, -0.25) is 0 Å². The molecule has 2 N–H and O–H groups in total. The molecular formula is C22H30N2S. The summed E-state index contributed by atoms with van der Waals surface area (Å²) in [6.07, 6.45) is 2.15. The number of thiocarbonyl (C=S) groups is 1. The van der Waals surface area contributed by atoms with Gasteiger partial charge in [-0.2, -0.15) is 0 Å². The molecule has 0 spiro atoms. The topological polar surface area (TPSA) is 24.1 Å². The normalized spacial score (nSPS) is 13.2. The number of aryl methyl sites for hydroxylation is 2. The van der Waals surface area contributed by atoms with Crippen LogP contribution in [-0.4, -0.2) is 5.11 Å². The predicted octanol–water partition coefficient (Wildman–Crippen LogP) is 6.25. The summed E-state index contributed by atoms with van der Waals surface area (Å²) in [5.41, 5.74) is 6.20. The number of anilines is 1. The molecule has 0 amide bonds. The zero-order valence-corrected chi connectivity index (χ0v) is 16.8. The Balaban J connectivity index is 2.04. The van der Waals surface area contributed by atoms with Gasteiger partial charge in [-0.1, -0.05) is 62.7 Å². The lowest BCUT2D eigenvalue weighted by molar-refractivity contribution is 0.628. The Morgan fingerprint density at radius 2 is 1.60 bits per heavy atom. The van der Waals surface area contributed by atoms with Crippen molar-refractivity contribution in [3.63, 3.8) is 0 Å². The van der Waals surface area contributed by atoms with E-state index >= 15 is 0 Å². The van der Waals surface area contributed by atoms with E-state index in [1.54, 1.807) is 0 Å². The molecule has 134 valence electrons. The minimum atomic E-state index is 0.219. The minimum Gasteiger partial charge on any atom is -0.356 e. The summed E-state index contributed by atoms with van der Waals surface area (Å²) in [4.78, 5) is 0. The Morgan fingerprint density at radius 3 is 2.16 bits per heavy atom. The van der Waals surface area contributed by atoms with Gasteiger partial charge in [0, 0.05) is 5.69 Å². The van der Waals surface area contributed by atoms with Crippen molar-refractivity contribution in [3.8, 4) is 0 Å². The van der Waals surface area contributed by atoms with Crippen LogP contribution < -0.4 is 10.6 Å². The highest BCUT2D eigenvalue weighted by molar-refractivity contribution is 7.80. The van der Waals surface area contributed by atoms with E-state index in [1.165, 1.54) is 28.7 Å². The maximum atomic E-state index is 5.53. The number of hydrogen-bond acceptors (Lipinski definition) is 1. The molecular weight excluding hydrogens is 324 g/mol. The lowest BCUT2D eigenvalue weighted by Crippen LogP contribution is -2.32. The minimum absolute atomic E-state index is 0.219. The first kappa shape index (κ1) is 19.5. The summed E-state index contributed by atoms with van der Waals surface area (Å²) < 4.78 is 0.